The van der Waals surface area contributed by atoms with Gasteiger partial charge in [-0.1, -0.05) is 6.42 Å². The predicted molar refractivity (Wildman–Crippen MR) is 109 cm³/mol. The SMILES string of the molecule is Cc1nnc(N2CCC(C(=O)NCCCN3CCCCC3)CC2)c(C#N)c1C. The van der Waals surface area contributed by atoms with Gasteiger partial charge in [0, 0.05) is 25.6 Å². The fourth-order valence-electron chi connectivity index (χ4n) is 4.15. The minimum atomic E-state index is 0.0521. The van der Waals surface area contributed by atoms with E-state index in [2.05, 4.69) is 31.4 Å². The van der Waals surface area contributed by atoms with Gasteiger partial charge in [0.25, 0.3) is 0 Å². The van der Waals surface area contributed by atoms with Crippen molar-refractivity contribution in [3.05, 3.63) is 16.8 Å². The zero-order valence-electron chi connectivity index (χ0n) is 17.2. The van der Waals surface area contributed by atoms with Crippen LogP contribution in [0.15, 0.2) is 0 Å². The highest BCUT2D eigenvalue weighted by atomic mass is 16.1. The first-order valence-electron chi connectivity index (χ1n) is 10.6. The number of nitriles is 1. The van der Waals surface area contributed by atoms with Gasteiger partial charge < -0.3 is 15.1 Å². The van der Waals surface area contributed by atoms with Gasteiger partial charge >= 0.3 is 0 Å². The number of anilines is 1. The second kappa shape index (κ2) is 9.83. The third-order valence-electron chi connectivity index (χ3n) is 6.11. The number of aromatic nitrogens is 2. The van der Waals surface area contributed by atoms with Crippen molar-refractivity contribution < 1.29 is 4.79 Å². The van der Waals surface area contributed by atoms with E-state index in [4.69, 9.17) is 0 Å². The molecule has 152 valence electrons. The van der Waals surface area contributed by atoms with E-state index in [-0.39, 0.29) is 11.8 Å². The van der Waals surface area contributed by atoms with Gasteiger partial charge in [0.1, 0.15) is 11.6 Å². The van der Waals surface area contributed by atoms with Gasteiger partial charge in [-0.2, -0.15) is 10.4 Å². The van der Waals surface area contributed by atoms with E-state index in [1.807, 2.05) is 13.8 Å². The summed E-state index contributed by atoms with van der Waals surface area (Å²) in [5, 5.41) is 21.1. The molecule has 0 aromatic carbocycles. The summed E-state index contributed by atoms with van der Waals surface area (Å²) in [5.41, 5.74) is 2.29. The number of hydrogen-bond acceptors (Lipinski definition) is 6. The number of hydrogen-bond donors (Lipinski definition) is 1. The van der Waals surface area contributed by atoms with Crippen molar-refractivity contribution in [3.8, 4) is 6.07 Å². The fraction of sp³-hybridized carbons (Fsp3) is 0.714. The van der Waals surface area contributed by atoms with Crippen LogP contribution in [-0.4, -0.2) is 60.3 Å². The standard InChI is InChI=1S/C21H32N6O/c1-16-17(2)24-25-20(19(16)15-22)27-13-7-18(8-14-27)21(28)23-9-6-12-26-10-4-3-5-11-26/h18H,3-14H2,1-2H3,(H,23,28). The second-order valence-corrected chi connectivity index (χ2v) is 8.03. The van der Waals surface area contributed by atoms with Gasteiger partial charge in [-0.25, -0.2) is 0 Å². The van der Waals surface area contributed by atoms with Crippen molar-refractivity contribution in [1.29, 1.82) is 5.26 Å². The molecular formula is C21H32N6O. The van der Waals surface area contributed by atoms with Crippen LogP contribution in [0.4, 0.5) is 5.82 Å². The Kier molecular flexibility index (Phi) is 7.21. The van der Waals surface area contributed by atoms with Crippen LogP contribution in [0.1, 0.15) is 55.3 Å². The summed E-state index contributed by atoms with van der Waals surface area (Å²) in [6.45, 7) is 9.51. The number of nitrogens with one attached hydrogen (secondary N) is 1. The maximum atomic E-state index is 12.5. The minimum Gasteiger partial charge on any atom is -0.356 e. The van der Waals surface area contributed by atoms with Crippen molar-refractivity contribution >= 4 is 11.7 Å². The molecule has 0 aliphatic carbocycles. The van der Waals surface area contributed by atoms with Gasteiger partial charge in [0.2, 0.25) is 5.91 Å². The summed E-state index contributed by atoms with van der Waals surface area (Å²) in [4.78, 5) is 17.1. The second-order valence-electron chi connectivity index (χ2n) is 8.03. The average molecular weight is 385 g/mol. The van der Waals surface area contributed by atoms with E-state index in [0.717, 1.165) is 56.7 Å². The Hall–Kier alpha value is -2.20. The van der Waals surface area contributed by atoms with Crippen molar-refractivity contribution in [1.82, 2.24) is 20.4 Å². The highest BCUT2D eigenvalue weighted by molar-refractivity contribution is 5.79. The molecule has 0 bridgehead atoms. The minimum absolute atomic E-state index is 0.0521. The summed E-state index contributed by atoms with van der Waals surface area (Å²) in [5.74, 6) is 0.882. The maximum absolute atomic E-state index is 12.5. The number of nitrogens with zero attached hydrogens (tertiary/aromatic N) is 5. The number of piperidine rings is 2. The molecule has 28 heavy (non-hydrogen) atoms. The maximum Gasteiger partial charge on any atom is 0.223 e. The highest BCUT2D eigenvalue weighted by Crippen LogP contribution is 2.26. The molecule has 7 nitrogen and oxygen atoms in total. The van der Waals surface area contributed by atoms with Crippen molar-refractivity contribution in [3.63, 3.8) is 0 Å². The topological polar surface area (TPSA) is 85.2 Å². The van der Waals surface area contributed by atoms with Gasteiger partial charge in [-0.15, -0.1) is 5.10 Å². The molecular weight excluding hydrogens is 352 g/mol. The van der Waals surface area contributed by atoms with E-state index >= 15 is 0 Å². The van der Waals surface area contributed by atoms with E-state index in [0.29, 0.717) is 11.4 Å². The fourth-order valence-corrected chi connectivity index (χ4v) is 4.15. The molecule has 7 heteroatoms. The van der Waals surface area contributed by atoms with Gasteiger partial charge in [0.05, 0.1) is 5.69 Å². The summed E-state index contributed by atoms with van der Waals surface area (Å²) in [6, 6.07) is 2.27. The molecule has 1 N–H and O–H groups in total. The Morgan fingerprint density at radius 2 is 1.86 bits per heavy atom. The van der Waals surface area contributed by atoms with E-state index in [1.54, 1.807) is 0 Å². The van der Waals surface area contributed by atoms with E-state index in [1.165, 1.54) is 32.4 Å². The Morgan fingerprint density at radius 3 is 2.54 bits per heavy atom. The first kappa shape index (κ1) is 20.5. The lowest BCUT2D eigenvalue weighted by molar-refractivity contribution is -0.125. The molecule has 0 atom stereocenters. The zero-order chi connectivity index (χ0) is 19.9. The number of carbonyl (C=O) groups excluding carboxylic acids is 1. The van der Waals surface area contributed by atoms with Crippen molar-refractivity contribution in [2.24, 2.45) is 5.92 Å². The van der Waals surface area contributed by atoms with Crippen molar-refractivity contribution in [2.75, 3.05) is 44.2 Å². The first-order chi connectivity index (χ1) is 13.6. The number of aryl methyl sites for hydroxylation is 1. The van der Waals surface area contributed by atoms with Crippen LogP contribution in [0.5, 0.6) is 0 Å². The van der Waals surface area contributed by atoms with Crippen LogP contribution in [-0.2, 0) is 4.79 Å². The van der Waals surface area contributed by atoms with Gasteiger partial charge in [0.15, 0.2) is 5.82 Å². The Labute approximate surface area is 168 Å². The largest absolute Gasteiger partial charge is 0.356 e. The molecule has 2 aliphatic heterocycles. The average Bonchev–Trinajstić information content (AvgIpc) is 2.74. The molecule has 0 unspecified atom stereocenters. The Morgan fingerprint density at radius 1 is 1.14 bits per heavy atom. The molecule has 0 saturated carbocycles. The van der Waals surface area contributed by atoms with Crippen LogP contribution in [0.2, 0.25) is 0 Å². The lowest BCUT2D eigenvalue weighted by atomic mass is 9.95. The predicted octanol–water partition coefficient (Wildman–Crippen LogP) is 2.17. The molecule has 1 aromatic heterocycles. The molecule has 1 aromatic rings. The van der Waals surface area contributed by atoms with E-state index < -0.39 is 0 Å². The van der Waals surface area contributed by atoms with Crippen LogP contribution in [0, 0.1) is 31.1 Å². The number of amides is 1. The molecule has 1 amide bonds. The van der Waals surface area contributed by atoms with Crippen LogP contribution in [0.3, 0.4) is 0 Å². The molecule has 0 spiro atoms. The summed E-state index contributed by atoms with van der Waals surface area (Å²) >= 11 is 0. The van der Waals surface area contributed by atoms with Crippen LogP contribution in [0.25, 0.3) is 0 Å². The molecule has 3 heterocycles. The van der Waals surface area contributed by atoms with Gasteiger partial charge in [-0.05, 0) is 71.1 Å². The van der Waals surface area contributed by atoms with Crippen LogP contribution < -0.4 is 10.2 Å². The first-order valence-corrected chi connectivity index (χ1v) is 10.6. The number of likely N-dealkylation sites (tertiary alicyclic amines) is 1. The Balaban J connectivity index is 1.43. The molecule has 0 radical (unpaired) electrons. The summed E-state index contributed by atoms with van der Waals surface area (Å²) in [6.07, 6.45) is 6.57. The van der Waals surface area contributed by atoms with Crippen LogP contribution >= 0.6 is 0 Å². The van der Waals surface area contributed by atoms with Gasteiger partial charge in [-0.3, -0.25) is 4.79 Å². The third kappa shape index (κ3) is 4.99. The zero-order valence-corrected chi connectivity index (χ0v) is 17.2. The monoisotopic (exact) mass is 384 g/mol. The lowest BCUT2D eigenvalue weighted by Gasteiger charge is -2.32. The lowest BCUT2D eigenvalue weighted by Crippen LogP contribution is -2.42. The molecule has 3 rings (SSSR count). The normalized spacial score (nSPS) is 18.7. The quantitative estimate of drug-likeness (QED) is 0.757. The highest BCUT2D eigenvalue weighted by Gasteiger charge is 2.27. The summed E-state index contributed by atoms with van der Waals surface area (Å²) < 4.78 is 0. The molecule has 2 aliphatic rings. The van der Waals surface area contributed by atoms with E-state index in [9.17, 15) is 10.1 Å². The molecule has 2 saturated heterocycles. The number of carbonyl (C=O) groups is 1. The number of rotatable bonds is 6. The molecule has 2 fully saturated rings. The smallest absolute Gasteiger partial charge is 0.223 e. The third-order valence-corrected chi connectivity index (χ3v) is 6.11. The summed E-state index contributed by atoms with van der Waals surface area (Å²) in [7, 11) is 0. The van der Waals surface area contributed by atoms with Crippen molar-refractivity contribution in [2.45, 2.75) is 52.4 Å². The Bertz CT molecular complexity index is 714.